The molecular formula is C16H25NS. The van der Waals surface area contributed by atoms with E-state index in [1.807, 2.05) is 0 Å². The van der Waals surface area contributed by atoms with Crippen LogP contribution in [-0.2, 0) is 19.4 Å². The summed E-state index contributed by atoms with van der Waals surface area (Å²) < 4.78 is 0. The Bertz CT molecular complexity index is 378. The predicted molar refractivity (Wildman–Crippen MR) is 79.2 cm³/mol. The van der Waals surface area contributed by atoms with Crippen LogP contribution in [0.25, 0.3) is 0 Å². The van der Waals surface area contributed by atoms with E-state index in [1.54, 1.807) is 15.3 Å². The highest BCUT2D eigenvalue weighted by molar-refractivity contribution is 7.12. The molecule has 0 amide bonds. The molecule has 1 nitrogen and oxygen atoms in total. The van der Waals surface area contributed by atoms with Crippen LogP contribution in [0.5, 0.6) is 0 Å². The summed E-state index contributed by atoms with van der Waals surface area (Å²) in [4.78, 5) is 3.22. The molecule has 2 atom stereocenters. The first kappa shape index (κ1) is 12.7. The molecule has 1 N–H and O–H groups in total. The van der Waals surface area contributed by atoms with Crippen molar-refractivity contribution in [2.45, 2.75) is 65.0 Å². The van der Waals surface area contributed by atoms with Crippen LogP contribution in [0.15, 0.2) is 6.07 Å². The van der Waals surface area contributed by atoms with E-state index >= 15 is 0 Å². The lowest BCUT2D eigenvalue weighted by Crippen LogP contribution is -2.42. The zero-order valence-electron chi connectivity index (χ0n) is 11.7. The minimum atomic E-state index is 0.732. The average molecular weight is 263 g/mol. The van der Waals surface area contributed by atoms with Gasteiger partial charge in [-0.1, -0.05) is 20.3 Å². The molecule has 1 aromatic rings. The van der Waals surface area contributed by atoms with Gasteiger partial charge in [-0.2, -0.15) is 0 Å². The fourth-order valence-electron chi connectivity index (χ4n) is 3.78. The van der Waals surface area contributed by atoms with Crippen molar-refractivity contribution >= 4 is 11.3 Å². The van der Waals surface area contributed by atoms with Crippen molar-refractivity contribution in [3.8, 4) is 0 Å². The van der Waals surface area contributed by atoms with Crippen LogP contribution in [0.2, 0.25) is 0 Å². The Morgan fingerprint density at radius 3 is 2.67 bits per heavy atom. The topological polar surface area (TPSA) is 12.0 Å². The van der Waals surface area contributed by atoms with Gasteiger partial charge < -0.3 is 5.32 Å². The first-order valence-corrected chi connectivity index (χ1v) is 8.39. The summed E-state index contributed by atoms with van der Waals surface area (Å²) in [6.07, 6.45) is 8.27. The molecule has 2 aliphatic carbocycles. The molecule has 0 saturated heterocycles. The smallest absolute Gasteiger partial charge is 0.0302 e. The first-order valence-electron chi connectivity index (χ1n) is 7.58. The van der Waals surface area contributed by atoms with E-state index in [0.717, 1.165) is 24.4 Å². The fraction of sp³-hybridized carbons (Fsp3) is 0.750. The van der Waals surface area contributed by atoms with Gasteiger partial charge in [0.1, 0.15) is 0 Å². The summed E-state index contributed by atoms with van der Waals surface area (Å²) in [5.41, 5.74) is 1.64. The van der Waals surface area contributed by atoms with Gasteiger partial charge in [-0.25, -0.2) is 0 Å². The molecule has 2 unspecified atom stereocenters. The molecule has 0 spiro atoms. The van der Waals surface area contributed by atoms with E-state index in [9.17, 15) is 0 Å². The second-order valence-corrected chi connectivity index (χ2v) is 7.53. The van der Waals surface area contributed by atoms with Crippen LogP contribution in [0.3, 0.4) is 0 Å². The van der Waals surface area contributed by atoms with E-state index in [2.05, 4.69) is 36.6 Å². The van der Waals surface area contributed by atoms with Crippen LogP contribution in [0, 0.1) is 11.8 Å². The molecule has 1 heterocycles. The lowest BCUT2D eigenvalue weighted by atomic mass is 9.79. The Kier molecular flexibility index (Phi) is 3.76. The number of rotatable bonds is 3. The maximum absolute atomic E-state index is 3.84. The summed E-state index contributed by atoms with van der Waals surface area (Å²) in [6.45, 7) is 5.93. The van der Waals surface area contributed by atoms with Crippen LogP contribution < -0.4 is 5.32 Å². The van der Waals surface area contributed by atoms with Crippen molar-refractivity contribution in [3.05, 3.63) is 21.4 Å². The van der Waals surface area contributed by atoms with Crippen molar-refractivity contribution in [2.75, 3.05) is 0 Å². The van der Waals surface area contributed by atoms with E-state index in [-0.39, 0.29) is 0 Å². The predicted octanol–water partition coefficient (Wildman–Crippen LogP) is 4.15. The van der Waals surface area contributed by atoms with E-state index < -0.39 is 0 Å². The van der Waals surface area contributed by atoms with E-state index in [4.69, 9.17) is 0 Å². The van der Waals surface area contributed by atoms with Gasteiger partial charge in [0.2, 0.25) is 0 Å². The molecule has 3 rings (SSSR count). The quantitative estimate of drug-likeness (QED) is 0.864. The second-order valence-electron chi connectivity index (χ2n) is 6.31. The van der Waals surface area contributed by atoms with Gasteiger partial charge in [0, 0.05) is 22.3 Å². The van der Waals surface area contributed by atoms with E-state index in [0.29, 0.717) is 0 Å². The summed E-state index contributed by atoms with van der Waals surface area (Å²) in [5, 5.41) is 3.84. The third-order valence-electron chi connectivity index (χ3n) is 4.85. The summed E-state index contributed by atoms with van der Waals surface area (Å²) in [5.74, 6) is 1.70. The Morgan fingerprint density at radius 2 is 1.94 bits per heavy atom. The highest BCUT2D eigenvalue weighted by Gasteiger charge is 2.27. The number of thiophene rings is 1. The maximum Gasteiger partial charge on any atom is 0.0302 e. The summed E-state index contributed by atoms with van der Waals surface area (Å²) in [6, 6.07) is 3.19. The van der Waals surface area contributed by atoms with Crippen molar-refractivity contribution in [3.63, 3.8) is 0 Å². The lowest BCUT2D eigenvalue weighted by molar-refractivity contribution is 0.208. The van der Waals surface area contributed by atoms with Crippen LogP contribution in [-0.4, -0.2) is 6.04 Å². The van der Waals surface area contributed by atoms with Gasteiger partial charge in [-0.05, 0) is 55.6 Å². The molecule has 0 aliphatic heterocycles. The molecule has 18 heavy (non-hydrogen) atoms. The number of nitrogens with one attached hydrogen (secondary N) is 1. The zero-order chi connectivity index (χ0) is 12.5. The highest BCUT2D eigenvalue weighted by atomic mass is 32.1. The Morgan fingerprint density at radius 1 is 1.17 bits per heavy atom. The number of hydrogen-bond donors (Lipinski definition) is 1. The van der Waals surface area contributed by atoms with E-state index in [1.165, 1.54) is 38.5 Å². The number of aryl methyl sites for hydroxylation is 2. The molecular weight excluding hydrogens is 238 g/mol. The normalized spacial score (nSPS) is 31.6. The van der Waals surface area contributed by atoms with Crippen molar-refractivity contribution in [2.24, 2.45) is 11.8 Å². The Labute approximate surface area is 115 Å². The average Bonchev–Trinajstić information content (AvgIpc) is 2.88. The van der Waals surface area contributed by atoms with Gasteiger partial charge in [-0.3, -0.25) is 0 Å². The molecule has 1 saturated carbocycles. The first-order chi connectivity index (χ1) is 8.74. The fourth-order valence-corrected chi connectivity index (χ4v) is 4.99. The van der Waals surface area contributed by atoms with Crippen LogP contribution in [0.4, 0.5) is 0 Å². The van der Waals surface area contributed by atoms with Crippen LogP contribution >= 0.6 is 11.3 Å². The molecule has 0 radical (unpaired) electrons. The number of fused-ring (bicyclic) bond motifs is 1. The van der Waals surface area contributed by atoms with Crippen molar-refractivity contribution in [1.82, 2.24) is 5.32 Å². The SMILES string of the molecule is CC1CCCC(C)C1NCc1cc2c(s1)CCC2. The second kappa shape index (κ2) is 5.34. The third-order valence-corrected chi connectivity index (χ3v) is 6.09. The third kappa shape index (κ3) is 2.50. The zero-order valence-corrected chi connectivity index (χ0v) is 12.5. The molecule has 0 aromatic carbocycles. The lowest BCUT2D eigenvalue weighted by Gasteiger charge is -2.35. The Hall–Kier alpha value is -0.340. The molecule has 2 aliphatic rings. The maximum atomic E-state index is 3.84. The summed E-state index contributed by atoms with van der Waals surface area (Å²) in [7, 11) is 0. The standard InChI is InChI=1S/C16H25NS/c1-11-5-3-6-12(2)16(11)17-10-14-9-13-7-4-8-15(13)18-14/h9,11-12,16-17H,3-8,10H2,1-2H3. The minimum absolute atomic E-state index is 0.732. The van der Waals surface area contributed by atoms with Gasteiger partial charge in [0.15, 0.2) is 0 Å². The van der Waals surface area contributed by atoms with Gasteiger partial charge in [0.25, 0.3) is 0 Å². The monoisotopic (exact) mass is 263 g/mol. The van der Waals surface area contributed by atoms with Gasteiger partial charge in [0.05, 0.1) is 0 Å². The van der Waals surface area contributed by atoms with Crippen LogP contribution in [0.1, 0.15) is 54.8 Å². The molecule has 1 fully saturated rings. The molecule has 100 valence electrons. The van der Waals surface area contributed by atoms with Gasteiger partial charge >= 0.3 is 0 Å². The molecule has 0 bridgehead atoms. The number of hydrogen-bond acceptors (Lipinski definition) is 2. The molecule has 2 heteroatoms. The van der Waals surface area contributed by atoms with Crippen molar-refractivity contribution < 1.29 is 0 Å². The highest BCUT2D eigenvalue weighted by Crippen LogP contribution is 2.32. The summed E-state index contributed by atoms with van der Waals surface area (Å²) >= 11 is 2.05. The molecule has 1 aromatic heterocycles. The van der Waals surface area contributed by atoms with Crippen molar-refractivity contribution in [1.29, 1.82) is 0 Å². The Balaban J connectivity index is 1.59. The minimum Gasteiger partial charge on any atom is -0.309 e. The largest absolute Gasteiger partial charge is 0.309 e. The van der Waals surface area contributed by atoms with Gasteiger partial charge in [-0.15, -0.1) is 11.3 Å².